The van der Waals surface area contributed by atoms with Gasteiger partial charge in [-0.1, -0.05) is 5.92 Å². The van der Waals surface area contributed by atoms with E-state index in [0.29, 0.717) is 13.0 Å². The highest BCUT2D eigenvalue weighted by Crippen LogP contribution is 2.21. The second kappa shape index (κ2) is 5.93. The average molecular weight is 284 g/mol. The van der Waals surface area contributed by atoms with Gasteiger partial charge in [0.05, 0.1) is 24.0 Å². The van der Waals surface area contributed by atoms with Crippen molar-refractivity contribution in [2.75, 3.05) is 31.1 Å². The average Bonchev–Trinajstić information content (AvgIpc) is 2.76. The Labute approximate surface area is 114 Å². The molecule has 0 bridgehead atoms. The molecule has 0 aromatic heterocycles. The number of terminal acetylenes is 1. The maximum atomic E-state index is 12.5. The Bertz CT molecular complexity index is 475. The summed E-state index contributed by atoms with van der Waals surface area (Å²) < 4.78 is 23.1. The smallest absolute Gasteiger partial charge is 0.228 e. The first-order valence-corrected chi connectivity index (χ1v) is 8.51. The van der Waals surface area contributed by atoms with Crippen molar-refractivity contribution >= 4 is 15.7 Å². The Morgan fingerprint density at radius 3 is 2.74 bits per heavy atom. The fourth-order valence-electron chi connectivity index (χ4n) is 2.80. The van der Waals surface area contributed by atoms with E-state index < -0.39 is 9.84 Å². The first kappa shape index (κ1) is 14.4. The highest BCUT2D eigenvalue weighted by molar-refractivity contribution is 7.91. The molecule has 0 spiro atoms. The molecule has 2 atom stereocenters. The SMILES string of the molecule is C#CCN(C(=O)[C@H]1CCCNC1)C1CCS(=O)(=O)C1. The number of rotatable bonds is 3. The number of amides is 1. The van der Waals surface area contributed by atoms with Crippen molar-refractivity contribution in [3.63, 3.8) is 0 Å². The van der Waals surface area contributed by atoms with E-state index in [0.717, 1.165) is 19.4 Å². The molecule has 5 nitrogen and oxygen atoms in total. The molecule has 2 rings (SSSR count). The van der Waals surface area contributed by atoms with E-state index in [9.17, 15) is 13.2 Å². The van der Waals surface area contributed by atoms with Gasteiger partial charge in [0, 0.05) is 12.6 Å². The molecule has 6 heteroatoms. The lowest BCUT2D eigenvalue weighted by molar-refractivity contribution is -0.137. The lowest BCUT2D eigenvalue weighted by Crippen LogP contribution is -2.48. The number of hydrogen-bond donors (Lipinski definition) is 1. The highest BCUT2D eigenvalue weighted by Gasteiger charge is 2.36. The van der Waals surface area contributed by atoms with Crippen LogP contribution in [0.25, 0.3) is 0 Å². The van der Waals surface area contributed by atoms with Crippen LogP contribution in [0.2, 0.25) is 0 Å². The summed E-state index contributed by atoms with van der Waals surface area (Å²) in [5.74, 6) is 2.64. The molecule has 0 aromatic carbocycles. The van der Waals surface area contributed by atoms with Crippen molar-refractivity contribution < 1.29 is 13.2 Å². The molecule has 106 valence electrons. The second-order valence-corrected chi connectivity index (χ2v) is 7.50. The first-order valence-electron chi connectivity index (χ1n) is 6.68. The van der Waals surface area contributed by atoms with Gasteiger partial charge in [0.15, 0.2) is 9.84 Å². The monoisotopic (exact) mass is 284 g/mol. The van der Waals surface area contributed by atoms with Crippen LogP contribution in [-0.4, -0.2) is 56.4 Å². The number of sulfone groups is 1. The summed E-state index contributed by atoms with van der Waals surface area (Å²) in [5.41, 5.74) is 0. The molecule has 2 aliphatic heterocycles. The van der Waals surface area contributed by atoms with Gasteiger partial charge in [0.1, 0.15) is 0 Å². The van der Waals surface area contributed by atoms with Crippen LogP contribution >= 0.6 is 0 Å². The fourth-order valence-corrected chi connectivity index (χ4v) is 4.53. The normalized spacial score (nSPS) is 29.6. The second-order valence-electron chi connectivity index (χ2n) is 5.27. The minimum atomic E-state index is -3.00. The highest BCUT2D eigenvalue weighted by atomic mass is 32.2. The Hall–Kier alpha value is -1.06. The van der Waals surface area contributed by atoms with Gasteiger partial charge in [-0.3, -0.25) is 4.79 Å². The quantitative estimate of drug-likeness (QED) is 0.719. The largest absolute Gasteiger partial charge is 0.327 e. The molecule has 2 aliphatic rings. The number of nitrogens with zero attached hydrogens (tertiary/aromatic N) is 1. The molecule has 2 heterocycles. The van der Waals surface area contributed by atoms with Crippen molar-refractivity contribution in [1.82, 2.24) is 10.2 Å². The van der Waals surface area contributed by atoms with Gasteiger partial charge in [0.25, 0.3) is 0 Å². The van der Waals surface area contributed by atoms with Gasteiger partial charge in [-0.2, -0.15) is 0 Å². The molecular weight excluding hydrogens is 264 g/mol. The molecule has 1 unspecified atom stereocenters. The van der Waals surface area contributed by atoms with E-state index in [1.807, 2.05) is 0 Å². The van der Waals surface area contributed by atoms with Crippen LogP contribution in [0, 0.1) is 18.3 Å². The lowest BCUT2D eigenvalue weighted by atomic mass is 9.97. The molecule has 2 saturated heterocycles. The summed E-state index contributed by atoms with van der Waals surface area (Å²) in [6, 6.07) is -0.240. The minimum absolute atomic E-state index is 0.00671. The zero-order valence-electron chi connectivity index (χ0n) is 11.0. The van der Waals surface area contributed by atoms with Gasteiger partial charge >= 0.3 is 0 Å². The summed E-state index contributed by atoms with van der Waals surface area (Å²) in [7, 11) is -3.00. The van der Waals surface area contributed by atoms with Crippen LogP contribution < -0.4 is 5.32 Å². The van der Waals surface area contributed by atoms with Crippen LogP contribution in [-0.2, 0) is 14.6 Å². The maximum absolute atomic E-state index is 12.5. The molecule has 0 saturated carbocycles. The van der Waals surface area contributed by atoms with E-state index >= 15 is 0 Å². The zero-order chi connectivity index (χ0) is 13.9. The molecule has 2 fully saturated rings. The summed E-state index contributed by atoms with van der Waals surface area (Å²) >= 11 is 0. The van der Waals surface area contributed by atoms with Gasteiger partial charge in [-0.15, -0.1) is 6.42 Å². The van der Waals surface area contributed by atoms with Crippen LogP contribution in [0.4, 0.5) is 0 Å². The zero-order valence-corrected chi connectivity index (χ0v) is 11.8. The van der Waals surface area contributed by atoms with Crippen molar-refractivity contribution in [3.8, 4) is 12.3 Å². The van der Waals surface area contributed by atoms with Gasteiger partial charge in [0.2, 0.25) is 5.91 Å². The Morgan fingerprint density at radius 1 is 1.42 bits per heavy atom. The van der Waals surface area contributed by atoms with Crippen LogP contribution in [0.5, 0.6) is 0 Å². The lowest BCUT2D eigenvalue weighted by Gasteiger charge is -2.32. The Balaban J connectivity index is 2.07. The number of hydrogen-bond acceptors (Lipinski definition) is 4. The van der Waals surface area contributed by atoms with E-state index in [1.54, 1.807) is 4.90 Å². The number of piperidine rings is 1. The molecule has 0 aromatic rings. The van der Waals surface area contributed by atoms with Gasteiger partial charge < -0.3 is 10.2 Å². The predicted molar refractivity (Wildman–Crippen MR) is 73.2 cm³/mol. The van der Waals surface area contributed by atoms with E-state index in [-0.39, 0.29) is 35.9 Å². The third-order valence-electron chi connectivity index (χ3n) is 3.84. The molecule has 1 N–H and O–H groups in total. The van der Waals surface area contributed by atoms with Gasteiger partial charge in [-0.25, -0.2) is 8.42 Å². The van der Waals surface area contributed by atoms with E-state index in [2.05, 4.69) is 11.2 Å². The summed E-state index contributed by atoms with van der Waals surface area (Å²) in [6.45, 7) is 1.81. The summed E-state index contributed by atoms with van der Waals surface area (Å²) in [4.78, 5) is 14.1. The molecule has 19 heavy (non-hydrogen) atoms. The maximum Gasteiger partial charge on any atom is 0.228 e. The Morgan fingerprint density at radius 2 is 2.21 bits per heavy atom. The van der Waals surface area contributed by atoms with Crippen molar-refractivity contribution in [2.45, 2.75) is 25.3 Å². The van der Waals surface area contributed by atoms with E-state index in [1.165, 1.54) is 0 Å². The van der Waals surface area contributed by atoms with Crippen LogP contribution in [0.1, 0.15) is 19.3 Å². The number of carbonyl (C=O) groups excluding carboxylic acids is 1. The van der Waals surface area contributed by atoms with Crippen molar-refractivity contribution in [3.05, 3.63) is 0 Å². The van der Waals surface area contributed by atoms with Crippen molar-refractivity contribution in [2.24, 2.45) is 5.92 Å². The molecule has 0 aliphatic carbocycles. The number of nitrogens with one attached hydrogen (secondary N) is 1. The fraction of sp³-hybridized carbons (Fsp3) is 0.769. The standard InChI is InChI=1S/C13H20N2O3S/c1-2-7-15(12-5-8-19(17,18)10-12)13(16)11-4-3-6-14-9-11/h1,11-12,14H,3-10H2/t11-,12?/m0/s1. The van der Waals surface area contributed by atoms with Crippen LogP contribution in [0.3, 0.4) is 0 Å². The summed E-state index contributed by atoms with van der Waals surface area (Å²) in [6.07, 6.45) is 7.66. The first-order chi connectivity index (χ1) is 9.03. The van der Waals surface area contributed by atoms with E-state index in [4.69, 9.17) is 6.42 Å². The summed E-state index contributed by atoms with van der Waals surface area (Å²) in [5, 5.41) is 3.20. The predicted octanol–water partition coefficient (Wildman–Crippen LogP) is -0.365. The third kappa shape index (κ3) is 3.48. The Kier molecular flexibility index (Phi) is 4.48. The third-order valence-corrected chi connectivity index (χ3v) is 5.59. The number of carbonyl (C=O) groups is 1. The molecular formula is C13H20N2O3S. The molecule has 0 radical (unpaired) electrons. The molecule has 1 amide bonds. The topological polar surface area (TPSA) is 66.5 Å². The van der Waals surface area contributed by atoms with Crippen LogP contribution in [0.15, 0.2) is 0 Å². The van der Waals surface area contributed by atoms with Crippen molar-refractivity contribution in [1.29, 1.82) is 0 Å². The minimum Gasteiger partial charge on any atom is -0.327 e. The van der Waals surface area contributed by atoms with Gasteiger partial charge in [-0.05, 0) is 25.8 Å².